The number of hydrogen-bond acceptors (Lipinski definition) is 6. The van der Waals surface area contributed by atoms with Crippen LogP contribution in [-0.4, -0.2) is 56.3 Å². The molecule has 1 saturated heterocycles. The number of likely N-dealkylation sites (tertiary alicyclic amines) is 1. The summed E-state index contributed by atoms with van der Waals surface area (Å²) in [6, 6.07) is 1.77. The van der Waals surface area contributed by atoms with Gasteiger partial charge in [0.2, 0.25) is 5.91 Å². The van der Waals surface area contributed by atoms with Gasteiger partial charge < -0.3 is 14.7 Å². The van der Waals surface area contributed by atoms with Crippen LogP contribution >= 0.6 is 11.3 Å². The van der Waals surface area contributed by atoms with Crippen molar-refractivity contribution in [1.82, 2.24) is 19.7 Å². The van der Waals surface area contributed by atoms with Crippen LogP contribution in [0, 0.1) is 0 Å². The summed E-state index contributed by atoms with van der Waals surface area (Å²) in [5.41, 5.74) is 0.587. The summed E-state index contributed by atoms with van der Waals surface area (Å²) in [5.74, 6) is -0.734. The number of carbonyl (C=O) groups is 2. The van der Waals surface area contributed by atoms with Crippen LogP contribution in [0.15, 0.2) is 18.7 Å². The number of thiophene rings is 1. The maximum atomic E-state index is 12.5. The van der Waals surface area contributed by atoms with Crippen LogP contribution in [0.3, 0.4) is 0 Å². The van der Waals surface area contributed by atoms with Gasteiger partial charge in [-0.15, -0.1) is 11.3 Å². The summed E-state index contributed by atoms with van der Waals surface area (Å²) < 4.78 is 7.87. The predicted octanol–water partition coefficient (Wildman–Crippen LogP) is 1.91. The van der Waals surface area contributed by atoms with E-state index in [1.54, 1.807) is 17.1 Å². The highest BCUT2D eigenvalue weighted by atomic mass is 32.1. The molecule has 0 saturated carbocycles. The monoisotopic (exact) mass is 390 g/mol. The molecule has 2 aliphatic heterocycles. The maximum absolute atomic E-state index is 12.5. The summed E-state index contributed by atoms with van der Waals surface area (Å²) in [4.78, 5) is 31.1. The second kappa shape index (κ2) is 7.40. The molecule has 27 heavy (non-hydrogen) atoms. The quantitative estimate of drug-likeness (QED) is 0.838. The van der Waals surface area contributed by atoms with Gasteiger partial charge in [-0.2, -0.15) is 5.10 Å². The fourth-order valence-electron chi connectivity index (χ4n) is 3.95. The van der Waals surface area contributed by atoms with Gasteiger partial charge in [-0.25, -0.2) is 9.78 Å². The lowest BCUT2D eigenvalue weighted by Crippen LogP contribution is -2.48. The molecule has 0 bridgehead atoms. The summed E-state index contributed by atoms with van der Waals surface area (Å²) in [5, 5.41) is 13.3. The third-order valence-electron chi connectivity index (χ3n) is 5.39. The van der Waals surface area contributed by atoms with E-state index in [0.29, 0.717) is 50.4 Å². The highest BCUT2D eigenvalue weighted by Gasteiger charge is 2.43. The van der Waals surface area contributed by atoms with Gasteiger partial charge in [0.05, 0.1) is 12.2 Å². The molecule has 8 nitrogen and oxygen atoms in total. The van der Waals surface area contributed by atoms with Crippen molar-refractivity contribution in [1.29, 1.82) is 0 Å². The third-order valence-corrected chi connectivity index (χ3v) is 6.57. The van der Waals surface area contributed by atoms with Crippen molar-refractivity contribution < 1.29 is 19.4 Å². The first kappa shape index (κ1) is 18.1. The Hall–Kier alpha value is -2.26. The van der Waals surface area contributed by atoms with E-state index in [2.05, 4.69) is 10.1 Å². The lowest BCUT2D eigenvalue weighted by atomic mass is 9.82. The molecule has 0 unspecified atom stereocenters. The van der Waals surface area contributed by atoms with Crippen molar-refractivity contribution in [2.75, 3.05) is 19.7 Å². The number of aromatic carboxylic acids is 1. The molecule has 4 heterocycles. The number of piperidine rings is 1. The van der Waals surface area contributed by atoms with Crippen LogP contribution in [0.5, 0.6) is 0 Å². The summed E-state index contributed by atoms with van der Waals surface area (Å²) >= 11 is 1.35. The smallest absolute Gasteiger partial charge is 0.345 e. The Bertz CT molecular complexity index is 825. The van der Waals surface area contributed by atoms with Crippen molar-refractivity contribution in [2.24, 2.45) is 0 Å². The van der Waals surface area contributed by atoms with Gasteiger partial charge in [-0.05, 0) is 30.9 Å². The van der Waals surface area contributed by atoms with E-state index < -0.39 is 11.6 Å². The molecule has 1 N–H and O–H groups in total. The Morgan fingerprint density at radius 2 is 2.15 bits per heavy atom. The number of aromatic nitrogens is 3. The topological polar surface area (TPSA) is 97.6 Å². The lowest BCUT2D eigenvalue weighted by molar-refractivity contribution is -0.140. The van der Waals surface area contributed by atoms with Gasteiger partial charge in [0.15, 0.2) is 0 Å². The molecule has 1 amide bonds. The molecule has 1 spiro atoms. The molecule has 2 aromatic heterocycles. The second-order valence-corrected chi connectivity index (χ2v) is 8.13. The van der Waals surface area contributed by atoms with Crippen LogP contribution in [0.25, 0.3) is 0 Å². The summed E-state index contributed by atoms with van der Waals surface area (Å²) in [6.07, 6.45) is 6.55. The molecule has 0 aromatic carbocycles. The van der Waals surface area contributed by atoms with Gasteiger partial charge in [0, 0.05) is 37.4 Å². The Balaban J connectivity index is 1.36. The molecule has 9 heteroatoms. The SMILES string of the molecule is O=C(O)c1cc2c(s1)CCOC21CCN(C(=O)CCCn2cncn2)CC1. The van der Waals surface area contributed by atoms with Crippen LogP contribution in [0.2, 0.25) is 0 Å². The minimum absolute atomic E-state index is 0.151. The molecular weight excluding hydrogens is 368 g/mol. The van der Waals surface area contributed by atoms with E-state index in [1.807, 2.05) is 4.90 Å². The standard InChI is InChI=1S/C18H22N4O4S/c23-16(2-1-6-22-12-19-11-20-22)21-7-4-18(5-8-21)13-10-15(17(24)25)27-14(13)3-9-26-18/h10-12H,1-9H2,(H,24,25). The molecule has 2 aromatic rings. The minimum Gasteiger partial charge on any atom is -0.477 e. The number of rotatable bonds is 5. The van der Waals surface area contributed by atoms with E-state index in [0.717, 1.165) is 23.3 Å². The molecule has 1 fully saturated rings. The van der Waals surface area contributed by atoms with Gasteiger partial charge >= 0.3 is 5.97 Å². The molecule has 144 valence electrons. The van der Waals surface area contributed by atoms with E-state index in [1.165, 1.54) is 17.7 Å². The van der Waals surface area contributed by atoms with E-state index >= 15 is 0 Å². The van der Waals surface area contributed by atoms with Crippen molar-refractivity contribution in [3.63, 3.8) is 0 Å². The number of aryl methyl sites for hydroxylation is 1. The largest absolute Gasteiger partial charge is 0.477 e. The number of fused-ring (bicyclic) bond motifs is 2. The van der Waals surface area contributed by atoms with E-state index in [9.17, 15) is 14.7 Å². The van der Waals surface area contributed by atoms with Crippen molar-refractivity contribution in [3.05, 3.63) is 34.0 Å². The average Bonchev–Trinajstić information content (AvgIpc) is 3.32. The van der Waals surface area contributed by atoms with E-state index in [4.69, 9.17) is 4.74 Å². The lowest BCUT2D eigenvalue weighted by Gasteiger charge is -2.44. The zero-order valence-corrected chi connectivity index (χ0v) is 15.8. The van der Waals surface area contributed by atoms with Crippen LogP contribution in [0.4, 0.5) is 0 Å². The predicted molar refractivity (Wildman–Crippen MR) is 97.7 cm³/mol. The number of ether oxygens (including phenoxy) is 1. The number of nitrogens with zero attached hydrogens (tertiary/aromatic N) is 4. The highest BCUT2D eigenvalue weighted by molar-refractivity contribution is 7.14. The molecule has 0 aliphatic carbocycles. The number of amides is 1. The fraction of sp³-hybridized carbons (Fsp3) is 0.556. The molecule has 0 radical (unpaired) electrons. The molecule has 2 aliphatic rings. The minimum atomic E-state index is -0.885. The van der Waals surface area contributed by atoms with Crippen LogP contribution in [0.1, 0.15) is 45.8 Å². The fourth-order valence-corrected chi connectivity index (χ4v) is 5.02. The van der Waals surface area contributed by atoms with Gasteiger partial charge in [0.25, 0.3) is 0 Å². The first-order valence-electron chi connectivity index (χ1n) is 9.18. The number of carboxylic acid groups (broad SMARTS) is 1. The van der Waals surface area contributed by atoms with Crippen molar-refractivity contribution in [2.45, 2.75) is 44.2 Å². The first-order chi connectivity index (χ1) is 13.1. The van der Waals surface area contributed by atoms with Gasteiger partial charge in [-0.1, -0.05) is 0 Å². The van der Waals surface area contributed by atoms with Crippen LogP contribution < -0.4 is 0 Å². The zero-order valence-electron chi connectivity index (χ0n) is 15.0. The van der Waals surface area contributed by atoms with Crippen LogP contribution in [-0.2, 0) is 28.1 Å². The van der Waals surface area contributed by atoms with Crippen molar-refractivity contribution >= 4 is 23.2 Å². The van der Waals surface area contributed by atoms with Gasteiger partial charge in [-0.3, -0.25) is 9.48 Å². The first-order valence-corrected chi connectivity index (χ1v) is 10.00. The van der Waals surface area contributed by atoms with Crippen molar-refractivity contribution in [3.8, 4) is 0 Å². The third kappa shape index (κ3) is 3.61. The Kier molecular flexibility index (Phi) is 4.96. The second-order valence-electron chi connectivity index (χ2n) is 6.99. The number of carbonyl (C=O) groups excluding carboxylic acids is 1. The molecule has 0 atom stereocenters. The highest BCUT2D eigenvalue weighted by Crippen LogP contribution is 2.44. The normalized spacial score (nSPS) is 18.4. The molecular formula is C18H22N4O4S. The zero-order chi connectivity index (χ0) is 18.9. The Morgan fingerprint density at radius 3 is 2.85 bits per heavy atom. The number of hydrogen-bond donors (Lipinski definition) is 1. The Labute approximate surface area is 160 Å². The average molecular weight is 390 g/mol. The number of carboxylic acids is 1. The van der Waals surface area contributed by atoms with Gasteiger partial charge in [0.1, 0.15) is 17.5 Å². The summed E-state index contributed by atoms with van der Waals surface area (Å²) in [7, 11) is 0. The maximum Gasteiger partial charge on any atom is 0.345 e. The van der Waals surface area contributed by atoms with E-state index in [-0.39, 0.29) is 5.91 Å². The Morgan fingerprint density at radius 1 is 1.33 bits per heavy atom. The summed E-state index contributed by atoms with van der Waals surface area (Å²) in [6.45, 7) is 2.57. The molecule has 4 rings (SSSR count).